The van der Waals surface area contributed by atoms with Gasteiger partial charge in [-0.3, -0.25) is 0 Å². The highest BCUT2D eigenvalue weighted by Crippen LogP contribution is 1.94. The van der Waals surface area contributed by atoms with Gasteiger partial charge in [0.25, 0.3) is 0 Å². The van der Waals surface area contributed by atoms with Crippen molar-refractivity contribution in [2.24, 2.45) is 5.73 Å². The summed E-state index contributed by atoms with van der Waals surface area (Å²) in [6.45, 7) is 0.203. The highest BCUT2D eigenvalue weighted by molar-refractivity contribution is 7.88. The first-order chi connectivity index (χ1) is 7.37. The summed E-state index contributed by atoms with van der Waals surface area (Å²) >= 11 is 4.66. The van der Waals surface area contributed by atoms with Crippen LogP contribution in [0.25, 0.3) is 0 Å². The minimum atomic E-state index is -3.83. The normalized spacial score (nSPS) is 10.8. The number of unbranched alkanes of at least 4 members (excludes halogenated alkanes) is 1. The van der Waals surface area contributed by atoms with E-state index in [1.165, 1.54) is 0 Å². The summed E-state index contributed by atoms with van der Waals surface area (Å²) in [5.41, 5.74) is 5.26. The first kappa shape index (κ1) is 15.1. The Bertz CT molecular complexity index is 342. The molecule has 0 aromatic rings. The molecule has 0 aromatic heterocycles. The van der Waals surface area contributed by atoms with Gasteiger partial charge in [0.05, 0.1) is 12.1 Å². The Morgan fingerprint density at radius 3 is 2.56 bits per heavy atom. The van der Waals surface area contributed by atoms with Crippen LogP contribution in [0, 0.1) is 0 Å². The summed E-state index contributed by atoms with van der Waals surface area (Å²) in [6, 6.07) is 0. The molecule has 1 amide bonds. The predicted molar refractivity (Wildman–Crippen MR) is 63.1 cm³/mol. The van der Waals surface area contributed by atoms with Crippen molar-refractivity contribution in [3.8, 4) is 0 Å². The number of thiocarbonyl (C=S) groups is 1. The summed E-state index contributed by atoms with van der Waals surface area (Å²) in [7, 11) is -2.76. The predicted octanol–water partition coefficient (Wildman–Crippen LogP) is -0.367. The molecule has 0 heterocycles. The van der Waals surface area contributed by atoms with Gasteiger partial charge in [-0.25, -0.2) is 9.52 Å². The van der Waals surface area contributed by atoms with E-state index in [4.69, 9.17) is 5.73 Å². The van der Waals surface area contributed by atoms with Crippen LogP contribution in [0.4, 0.5) is 4.79 Å². The quantitative estimate of drug-likeness (QED) is 0.430. The molecule has 7 nitrogen and oxygen atoms in total. The topological polar surface area (TPSA) is 111 Å². The summed E-state index contributed by atoms with van der Waals surface area (Å²) < 4.78 is 30.2. The molecule has 0 aliphatic carbocycles. The molecule has 16 heavy (non-hydrogen) atoms. The van der Waals surface area contributed by atoms with Crippen molar-refractivity contribution in [2.45, 2.75) is 19.3 Å². The zero-order chi connectivity index (χ0) is 12.6. The zero-order valence-corrected chi connectivity index (χ0v) is 10.5. The number of ether oxygens (including phenoxy) is 1. The minimum Gasteiger partial charge on any atom is -0.452 e. The average molecular weight is 269 g/mol. The Morgan fingerprint density at radius 1 is 1.44 bits per heavy atom. The lowest BCUT2D eigenvalue weighted by Crippen LogP contribution is -2.40. The SMILES string of the molecule is COC(=O)NS(=O)(=O)NCCCCC(N)=S. The van der Waals surface area contributed by atoms with Gasteiger partial charge >= 0.3 is 16.3 Å². The second-order valence-corrected chi connectivity index (χ2v) is 4.94. The number of carbonyl (C=O) groups is 1. The lowest BCUT2D eigenvalue weighted by atomic mass is 10.2. The van der Waals surface area contributed by atoms with Gasteiger partial charge < -0.3 is 10.5 Å². The van der Waals surface area contributed by atoms with Gasteiger partial charge in [-0.15, -0.1) is 0 Å². The van der Waals surface area contributed by atoms with E-state index in [2.05, 4.69) is 21.7 Å². The Labute approximate surface area is 99.9 Å². The van der Waals surface area contributed by atoms with Gasteiger partial charge in [0.15, 0.2) is 0 Å². The second kappa shape index (κ2) is 7.36. The third kappa shape index (κ3) is 8.38. The fraction of sp³-hybridized carbons (Fsp3) is 0.714. The number of methoxy groups -OCH3 is 1. The third-order valence-corrected chi connectivity index (χ3v) is 2.77. The Morgan fingerprint density at radius 2 is 2.06 bits per heavy atom. The average Bonchev–Trinajstić information content (AvgIpc) is 2.15. The number of hydrogen-bond acceptors (Lipinski definition) is 5. The molecule has 0 aliphatic heterocycles. The summed E-state index contributed by atoms with van der Waals surface area (Å²) in [4.78, 5) is 11.0. The van der Waals surface area contributed by atoms with Gasteiger partial charge in [0, 0.05) is 6.54 Å². The number of nitrogens with one attached hydrogen (secondary N) is 2. The van der Waals surface area contributed by atoms with Crippen LogP contribution < -0.4 is 15.2 Å². The Hall–Kier alpha value is -0.930. The molecule has 4 N–H and O–H groups in total. The van der Waals surface area contributed by atoms with Gasteiger partial charge in [0.2, 0.25) is 0 Å². The first-order valence-corrected chi connectivity index (χ1v) is 6.40. The molecule has 0 spiro atoms. The molecule has 0 atom stereocenters. The van der Waals surface area contributed by atoms with Crippen LogP contribution in [-0.2, 0) is 14.9 Å². The monoisotopic (exact) mass is 269 g/mol. The molecule has 0 bridgehead atoms. The van der Waals surface area contributed by atoms with Crippen LogP contribution in [0.3, 0.4) is 0 Å². The van der Waals surface area contributed by atoms with E-state index in [9.17, 15) is 13.2 Å². The van der Waals surface area contributed by atoms with Crippen molar-refractivity contribution in [1.29, 1.82) is 0 Å². The van der Waals surface area contributed by atoms with Crippen LogP contribution >= 0.6 is 12.2 Å². The van der Waals surface area contributed by atoms with Crippen molar-refractivity contribution in [1.82, 2.24) is 9.44 Å². The molecular formula is C7H15N3O4S2. The maximum atomic E-state index is 11.1. The van der Waals surface area contributed by atoms with Crippen molar-refractivity contribution in [2.75, 3.05) is 13.7 Å². The van der Waals surface area contributed by atoms with Crippen molar-refractivity contribution >= 4 is 33.5 Å². The summed E-state index contributed by atoms with van der Waals surface area (Å²) in [6.07, 6.45) is 0.812. The van der Waals surface area contributed by atoms with Crippen molar-refractivity contribution in [3.63, 3.8) is 0 Å². The van der Waals surface area contributed by atoms with E-state index in [0.717, 1.165) is 7.11 Å². The van der Waals surface area contributed by atoms with E-state index < -0.39 is 16.3 Å². The van der Waals surface area contributed by atoms with Crippen molar-refractivity contribution < 1.29 is 17.9 Å². The molecule has 0 rings (SSSR count). The largest absolute Gasteiger partial charge is 0.452 e. The molecule has 0 fully saturated rings. The molecular weight excluding hydrogens is 254 g/mol. The molecule has 0 aromatic carbocycles. The molecule has 94 valence electrons. The zero-order valence-electron chi connectivity index (χ0n) is 8.86. The molecule has 0 aliphatic rings. The van der Waals surface area contributed by atoms with Crippen LogP contribution in [0.1, 0.15) is 19.3 Å². The number of hydrogen-bond donors (Lipinski definition) is 3. The summed E-state index contributed by atoms with van der Waals surface area (Å²) in [5.74, 6) is 0. The highest BCUT2D eigenvalue weighted by atomic mass is 32.2. The highest BCUT2D eigenvalue weighted by Gasteiger charge is 2.12. The second-order valence-electron chi connectivity index (χ2n) is 2.91. The summed E-state index contributed by atoms with van der Waals surface area (Å²) in [5, 5.41) is 0. The minimum absolute atomic E-state index is 0.203. The van der Waals surface area contributed by atoms with Crippen LogP contribution in [-0.4, -0.2) is 33.2 Å². The van der Waals surface area contributed by atoms with Crippen LogP contribution in [0.5, 0.6) is 0 Å². The number of rotatable bonds is 7. The number of amides is 1. The van der Waals surface area contributed by atoms with E-state index >= 15 is 0 Å². The standard InChI is InChI=1S/C7H15N3O4S2/c1-14-7(11)10-16(12,13)9-5-3-2-4-6(8)15/h9H,2-5H2,1H3,(H2,8,15)(H,10,11). The third-order valence-electron chi connectivity index (χ3n) is 1.55. The van der Waals surface area contributed by atoms with Gasteiger partial charge in [-0.1, -0.05) is 12.2 Å². The van der Waals surface area contributed by atoms with Crippen LogP contribution in [0.2, 0.25) is 0 Å². The van der Waals surface area contributed by atoms with E-state index in [1.54, 1.807) is 4.72 Å². The van der Waals surface area contributed by atoms with Crippen molar-refractivity contribution in [3.05, 3.63) is 0 Å². The molecule has 0 saturated carbocycles. The van der Waals surface area contributed by atoms with Gasteiger partial charge in [-0.05, 0) is 19.3 Å². The Balaban J connectivity index is 3.75. The lowest BCUT2D eigenvalue weighted by Gasteiger charge is -2.06. The maximum Gasteiger partial charge on any atom is 0.421 e. The fourth-order valence-corrected chi connectivity index (χ4v) is 1.75. The van der Waals surface area contributed by atoms with Gasteiger partial charge in [0.1, 0.15) is 0 Å². The first-order valence-electron chi connectivity index (χ1n) is 4.51. The number of nitrogens with two attached hydrogens (primary N) is 1. The smallest absolute Gasteiger partial charge is 0.421 e. The molecule has 0 radical (unpaired) electrons. The van der Waals surface area contributed by atoms with E-state index in [-0.39, 0.29) is 6.54 Å². The Kier molecular flexibility index (Phi) is 6.93. The molecule has 0 unspecified atom stereocenters. The molecule has 0 saturated heterocycles. The number of carbonyl (C=O) groups excluding carboxylic acids is 1. The molecule has 9 heteroatoms. The van der Waals surface area contributed by atoms with Gasteiger partial charge in [-0.2, -0.15) is 13.1 Å². The van der Waals surface area contributed by atoms with E-state index in [1.807, 2.05) is 0 Å². The fourth-order valence-electron chi connectivity index (χ4n) is 0.818. The van der Waals surface area contributed by atoms with E-state index in [0.29, 0.717) is 24.3 Å². The maximum absolute atomic E-state index is 11.1. The lowest BCUT2D eigenvalue weighted by molar-refractivity contribution is 0.177. The van der Waals surface area contributed by atoms with Crippen LogP contribution in [0.15, 0.2) is 0 Å².